The maximum Gasteiger partial charge on any atom is 0.180 e. The van der Waals surface area contributed by atoms with Crippen molar-refractivity contribution >= 4 is 16.8 Å². The molecule has 0 aliphatic heterocycles. The third kappa shape index (κ3) is 1.33. The van der Waals surface area contributed by atoms with Crippen LogP contribution in [0.1, 0.15) is 23.8 Å². The Labute approximate surface area is 75.8 Å². The summed E-state index contributed by atoms with van der Waals surface area (Å²) in [4.78, 5) is 18.6. The summed E-state index contributed by atoms with van der Waals surface area (Å²) in [5.41, 5.74) is 2.36. The monoisotopic (exact) mass is 174 g/mol. The fraction of sp³-hybridized carbons (Fsp3) is 0.200. The van der Waals surface area contributed by atoms with Crippen LogP contribution in [0.25, 0.3) is 11.0 Å². The van der Waals surface area contributed by atoms with Gasteiger partial charge in [0.1, 0.15) is 5.69 Å². The molecule has 2 aromatic heterocycles. The van der Waals surface area contributed by atoms with Gasteiger partial charge in [-0.1, -0.05) is 6.92 Å². The van der Waals surface area contributed by atoms with Crippen LogP contribution in [0, 0.1) is 0 Å². The molecule has 1 N–H and O–H groups in total. The van der Waals surface area contributed by atoms with Gasteiger partial charge in [0, 0.05) is 12.6 Å². The van der Waals surface area contributed by atoms with Crippen LogP contribution in [-0.2, 0) is 0 Å². The van der Waals surface area contributed by atoms with E-state index < -0.39 is 0 Å². The molecule has 0 aliphatic rings. The number of rotatable bonds is 2. The van der Waals surface area contributed by atoms with E-state index in [-0.39, 0.29) is 5.78 Å². The maximum absolute atomic E-state index is 11.3. The lowest BCUT2D eigenvalue weighted by atomic mass is 10.2. The molecule has 0 spiro atoms. The number of ketones is 1. The molecule has 2 heterocycles. The van der Waals surface area contributed by atoms with E-state index in [4.69, 9.17) is 0 Å². The summed E-state index contributed by atoms with van der Waals surface area (Å²) in [6.45, 7) is 1.84. The first kappa shape index (κ1) is 7.98. The molecule has 0 saturated carbocycles. The molecule has 3 nitrogen and oxygen atoms in total. The molecule has 0 aliphatic carbocycles. The smallest absolute Gasteiger partial charge is 0.180 e. The summed E-state index contributed by atoms with van der Waals surface area (Å²) in [5, 5.41) is 0. The number of fused-ring (bicyclic) bond motifs is 1. The zero-order valence-corrected chi connectivity index (χ0v) is 7.37. The van der Waals surface area contributed by atoms with E-state index in [1.165, 1.54) is 0 Å². The van der Waals surface area contributed by atoms with Crippen LogP contribution in [-0.4, -0.2) is 15.8 Å². The van der Waals surface area contributed by atoms with Gasteiger partial charge in [0.2, 0.25) is 0 Å². The van der Waals surface area contributed by atoms with Crippen molar-refractivity contribution < 1.29 is 4.79 Å². The van der Waals surface area contributed by atoms with Gasteiger partial charge < -0.3 is 4.98 Å². The zero-order chi connectivity index (χ0) is 9.26. The number of hydrogen-bond donors (Lipinski definition) is 1. The van der Waals surface area contributed by atoms with Crippen molar-refractivity contribution in [2.75, 3.05) is 0 Å². The number of H-pyrrole nitrogens is 1. The first-order valence-electron chi connectivity index (χ1n) is 4.28. The van der Waals surface area contributed by atoms with E-state index in [2.05, 4.69) is 9.97 Å². The molecule has 0 amide bonds. The summed E-state index contributed by atoms with van der Waals surface area (Å²) in [7, 11) is 0. The van der Waals surface area contributed by atoms with Crippen LogP contribution < -0.4 is 0 Å². The minimum atomic E-state index is 0.0862. The molecule has 2 rings (SSSR count). The first-order valence-corrected chi connectivity index (χ1v) is 4.28. The van der Waals surface area contributed by atoms with E-state index in [9.17, 15) is 4.79 Å². The topological polar surface area (TPSA) is 45.8 Å². The van der Waals surface area contributed by atoms with Gasteiger partial charge in [-0.25, -0.2) is 4.98 Å². The Balaban J connectivity index is 2.54. The van der Waals surface area contributed by atoms with Crippen molar-refractivity contribution in [1.82, 2.24) is 9.97 Å². The Bertz CT molecular complexity index is 445. The van der Waals surface area contributed by atoms with Crippen molar-refractivity contribution in [3.8, 4) is 0 Å². The number of aromatic nitrogens is 2. The predicted molar refractivity (Wildman–Crippen MR) is 50.7 cm³/mol. The summed E-state index contributed by atoms with van der Waals surface area (Å²) in [6.07, 6.45) is 2.32. The number of nitrogens with zero attached hydrogens (tertiary/aromatic N) is 1. The minimum absolute atomic E-state index is 0.0862. The van der Waals surface area contributed by atoms with Crippen LogP contribution in [0.3, 0.4) is 0 Å². The molecule has 0 radical (unpaired) electrons. The second-order valence-electron chi connectivity index (χ2n) is 2.88. The second kappa shape index (κ2) is 3.01. The van der Waals surface area contributed by atoms with E-state index in [1.807, 2.05) is 25.3 Å². The fourth-order valence-electron chi connectivity index (χ4n) is 1.27. The minimum Gasteiger partial charge on any atom is -0.360 e. The van der Waals surface area contributed by atoms with Gasteiger partial charge in [0.25, 0.3) is 0 Å². The molecule has 0 fully saturated rings. The van der Waals surface area contributed by atoms with Crippen molar-refractivity contribution in [2.45, 2.75) is 13.3 Å². The molecule has 0 aromatic carbocycles. The molecule has 0 bridgehead atoms. The normalized spacial score (nSPS) is 10.5. The number of carbonyl (C=O) groups excluding carboxylic acids is 1. The third-order valence-corrected chi connectivity index (χ3v) is 2.01. The summed E-state index contributed by atoms with van der Waals surface area (Å²) >= 11 is 0. The highest BCUT2D eigenvalue weighted by Crippen LogP contribution is 2.10. The highest BCUT2D eigenvalue weighted by molar-refractivity contribution is 5.95. The number of carbonyl (C=O) groups is 1. The van der Waals surface area contributed by atoms with Crippen molar-refractivity contribution in [2.24, 2.45) is 0 Å². The highest BCUT2D eigenvalue weighted by Gasteiger charge is 2.05. The lowest BCUT2D eigenvalue weighted by molar-refractivity contribution is 0.0984. The van der Waals surface area contributed by atoms with Gasteiger partial charge in [-0.2, -0.15) is 0 Å². The van der Waals surface area contributed by atoms with Crippen LogP contribution in [0.2, 0.25) is 0 Å². The van der Waals surface area contributed by atoms with Gasteiger partial charge in [-0.15, -0.1) is 0 Å². The molecule has 0 saturated heterocycles. The Morgan fingerprint density at radius 3 is 3.08 bits per heavy atom. The number of aromatic amines is 1. The molecular weight excluding hydrogens is 164 g/mol. The predicted octanol–water partition coefficient (Wildman–Crippen LogP) is 2.16. The van der Waals surface area contributed by atoms with Gasteiger partial charge in [0.15, 0.2) is 5.78 Å². The molecule has 2 aromatic rings. The molecule has 0 unspecified atom stereocenters. The SMILES string of the molecule is CCC(=O)c1ccc2[nH]ccc2n1. The average molecular weight is 174 g/mol. The second-order valence-corrected chi connectivity index (χ2v) is 2.88. The Hall–Kier alpha value is -1.64. The van der Waals surface area contributed by atoms with Crippen LogP contribution in [0.4, 0.5) is 0 Å². The van der Waals surface area contributed by atoms with Crippen LogP contribution in [0.15, 0.2) is 24.4 Å². The average Bonchev–Trinajstić information content (AvgIpc) is 2.63. The number of hydrogen-bond acceptors (Lipinski definition) is 2. The number of pyridine rings is 1. The van der Waals surface area contributed by atoms with Crippen LogP contribution in [0.5, 0.6) is 0 Å². The van der Waals surface area contributed by atoms with Gasteiger partial charge in [0.05, 0.1) is 11.0 Å². The summed E-state index contributed by atoms with van der Waals surface area (Å²) in [6, 6.07) is 5.50. The van der Waals surface area contributed by atoms with E-state index in [0.29, 0.717) is 12.1 Å². The molecule has 13 heavy (non-hydrogen) atoms. The largest absolute Gasteiger partial charge is 0.360 e. The summed E-state index contributed by atoms with van der Waals surface area (Å²) < 4.78 is 0. The number of nitrogens with one attached hydrogen (secondary N) is 1. The van der Waals surface area contributed by atoms with Gasteiger partial charge in [-0.3, -0.25) is 4.79 Å². The third-order valence-electron chi connectivity index (χ3n) is 2.01. The standard InChI is InChI=1S/C10H10N2O/c1-2-10(13)9-4-3-7-8(12-9)5-6-11-7/h3-6,11H,2H2,1H3. The Morgan fingerprint density at radius 1 is 1.46 bits per heavy atom. The molecule has 0 atom stereocenters. The summed E-state index contributed by atoms with van der Waals surface area (Å²) in [5.74, 6) is 0.0862. The van der Waals surface area contributed by atoms with Crippen LogP contribution >= 0.6 is 0 Å². The maximum atomic E-state index is 11.3. The lowest BCUT2D eigenvalue weighted by Crippen LogP contribution is -1.99. The van der Waals surface area contributed by atoms with Crippen molar-refractivity contribution in [3.63, 3.8) is 0 Å². The quantitative estimate of drug-likeness (QED) is 0.709. The van der Waals surface area contributed by atoms with Gasteiger partial charge >= 0.3 is 0 Å². The van der Waals surface area contributed by atoms with Gasteiger partial charge in [-0.05, 0) is 18.2 Å². The van der Waals surface area contributed by atoms with Crippen molar-refractivity contribution in [1.29, 1.82) is 0 Å². The first-order chi connectivity index (χ1) is 6.31. The lowest BCUT2D eigenvalue weighted by Gasteiger charge is -1.96. The fourth-order valence-corrected chi connectivity index (χ4v) is 1.27. The Kier molecular flexibility index (Phi) is 1.85. The van der Waals surface area contributed by atoms with E-state index >= 15 is 0 Å². The molecule has 66 valence electrons. The molecular formula is C10H10N2O. The van der Waals surface area contributed by atoms with Crippen molar-refractivity contribution in [3.05, 3.63) is 30.1 Å². The number of Topliss-reactive ketones (excluding diaryl/α,β-unsaturated/α-hetero) is 1. The van der Waals surface area contributed by atoms with E-state index in [0.717, 1.165) is 11.0 Å². The Morgan fingerprint density at radius 2 is 2.31 bits per heavy atom. The molecule has 3 heteroatoms. The highest BCUT2D eigenvalue weighted by atomic mass is 16.1. The zero-order valence-electron chi connectivity index (χ0n) is 7.37. The van der Waals surface area contributed by atoms with E-state index in [1.54, 1.807) is 6.07 Å².